The number of hydrogen-bond acceptors (Lipinski definition) is 4. The van der Waals surface area contributed by atoms with Crippen molar-refractivity contribution in [1.29, 1.82) is 0 Å². The van der Waals surface area contributed by atoms with E-state index in [-0.39, 0.29) is 6.61 Å². The molecule has 122 valence electrons. The largest absolute Gasteiger partial charge is 0.459 e. The van der Waals surface area contributed by atoms with Crippen molar-refractivity contribution in [3.05, 3.63) is 70.8 Å². The van der Waals surface area contributed by atoms with Crippen LogP contribution >= 0.6 is 0 Å². The van der Waals surface area contributed by atoms with Crippen LogP contribution in [0.1, 0.15) is 38.8 Å². The molecule has 0 saturated heterocycles. The molecule has 0 spiro atoms. The first-order valence-corrected chi connectivity index (χ1v) is 7.68. The van der Waals surface area contributed by atoms with Crippen molar-refractivity contribution < 1.29 is 19.1 Å². The number of carbonyl (C=O) groups is 3. The van der Waals surface area contributed by atoms with Crippen LogP contribution in [-0.4, -0.2) is 28.7 Å². The summed E-state index contributed by atoms with van der Waals surface area (Å²) in [7, 11) is 0. The average Bonchev–Trinajstić information content (AvgIpc) is 2.84. The maximum absolute atomic E-state index is 12.4. The lowest BCUT2D eigenvalue weighted by molar-refractivity contribution is -0.149. The van der Waals surface area contributed by atoms with Gasteiger partial charge in [-0.1, -0.05) is 42.0 Å². The van der Waals surface area contributed by atoms with Gasteiger partial charge in [-0.25, -0.2) is 4.79 Å². The third-order valence-electron chi connectivity index (χ3n) is 4.02. The third kappa shape index (κ3) is 2.80. The van der Waals surface area contributed by atoms with Crippen LogP contribution in [0.25, 0.3) is 0 Å². The number of hydrogen-bond donors (Lipinski definition) is 0. The van der Waals surface area contributed by atoms with Crippen molar-refractivity contribution in [2.75, 3.05) is 0 Å². The van der Waals surface area contributed by atoms with Crippen molar-refractivity contribution in [3.8, 4) is 0 Å². The summed E-state index contributed by atoms with van der Waals surface area (Å²) in [5, 5.41) is 0. The van der Waals surface area contributed by atoms with Gasteiger partial charge in [-0.2, -0.15) is 0 Å². The first kappa shape index (κ1) is 15.9. The van der Waals surface area contributed by atoms with Crippen molar-refractivity contribution >= 4 is 17.8 Å². The Kier molecular flexibility index (Phi) is 4.16. The smallest absolute Gasteiger partial charge is 0.329 e. The van der Waals surface area contributed by atoms with E-state index in [2.05, 4.69) is 0 Å². The van der Waals surface area contributed by atoms with E-state index in [1.807, 2.05) is 31.2 Å². The van der Waals surface area contributed by atoms with E-state index in [0.29, 0.717) is 11.1 Å². The number of rotatable bonds is 4. The Morgan fingerprint density at radius 1 is 1.04 bits per heavy atom. The molecule has 0 unspecified atom stereocenters. The molecule has 3 rings (SSSR count). The summed E-state index contributed by atoms with van der Waals surface area (Å²) in [5.41, 5.74) is 2.57. The van der Waals surface area contributed by atoms with Crippen molar-refractivity contribution in [2.45, 2.75) is 26.5 Å². The molecule has 0 radical (unpaired) electrons. The molecule has 0 aromatic heterocycles. The summed E-state index contributed by atoms with van der Waals surface area (Å²) < 4.78 is 5.27. The standard InChI is InChI=1S/C19H17NO4/c1-12-6-5-7-14(10-12)11-24-19(23)13(2)20-17(21)15-8-3-4-9-16(15)18(20)22/h3-10,13H,11H2,1-2H3/t13-/m1/s1. The fourth-order valence-electron chi connectivity index (χ4n) is 2.74. The predicted molar refractivity (Wildman–Crippen MR) is 87.4 cm³/mol. The van der Waals surface area contributed by atoms with Gasteiger partial charge in [-0.15, -0.1) is 0 Å². The second-order valence-electron chi connectivity index (χ2n) is 5.80. The molecule has 1 aliphatic heterocycles. The highest BCUT2D eigenvalue weighted by molar-refractivity contribution is 6.22. The molecule has 1 aliphatic rings. The van der Waals surface area contributed by atoms with E-state index >= 15 is 0 Å². The normalized spacial score (nSPS) is 14.5. The van der Waals surface area contributed by atoms with Gasteiger partial charge < -0.3 is 4.74 Å². The van der Waals surface area contributed by atoms with Crippen molar-refractivity contribution in [3.63, 3.8) is 0 Å². The molecule has 5 heteroatoms. The zero-order valence-electron chi connectivity index (χ0n) is 13.5. The minimum Gasteiger partial charge on any atom is -0.459 e. The molecule has 0 aliphatic carbocycles. The lowest BCUT2D eigenvalue weighted by Crippen LogP contribution is -2.43. The summed E-state index contributed by atoms with van der Waals surface area (Å²) in [6.07, 6.45) is 0. The molecule has 0 bridgehead atoms. The van der Waals surface area contributed by atoms with Gasteiger partial charge in [-0.05, 0) is 31.5 Å². The van der Waals surface area contributed by atoms with Gasteiger partial charge >= 0.3 is 5.97 Å². The number of benzene rings is 2. The maximum atomic E-state index is 12.4. The summed E-state index contributed by atoms with van der Waals surface area (Å²) in [5.74, 6) is -1.53. The molecule has 1 heterocycles. The van der Waals surface area contributed by atoms with Gasteiger partial charge in [0.2, 0.25) is 0 Å². The average molecular weight is 323 g/mol. The zero-order valence-corrected chi connectivity index (χ0v) is 13.5. The lowest BCUT2D eigenvalue weighted by atomic mass is 10.1. The Morgan fingerprint density at radius 3 is 2.25 bits per heavy atom. The Bertz CT molecular complexity index is 793. The Balaban J connectivity index is 1.70. The van der Waals surface area contributed by atoms with Crippen LogP contribution in [0.3, 0.4) is 0 Å². The second kappa shape index (κ2) is 6.28. The van der Waals surface area contributed by atoms with E-state index in [1.165, 1.54) is 6.92 Å². The van der Waals surface area contributed by atoms with Crippen molar-refractivity contribution in [2.24, 2.45) is 0 Å². The van der Waals surface area contributed by atoms with Gasteiger partial charge in [0.25, 0.3) is 11.8 Å². The molecule has 5 nitrogen and oxygen atoms in total. The number of fused-ring (bicyclic) bond motifs is 1. The highest BCUT2D eigenvalue weighted by atomic mass is 16.5. The second-order valence-corrected chi connectivity index (χ2v) is 5.80. The molecule has 0 saturated carbocycles. The molecule has 0 N–H and O–H groups in total. The number of ether oxygens (including phenoxy) is 1. The summed E-state index contributed by atoms with van der Waals surface area (Å²) in [6, 6.07) is 13.2. The highest BCUT2D eigenvalue weighted by Gasteiger charge is 2.41. The van der Waals surface area contributed by atoms with Gasteiger partial charge in [0, 0.05) is 0 Å². The van der Waals surface area contributed by atoms with E-state index in [4.69, 9.17) is 4.74 Å². The van der Waals surface area contributed by atoms with E-state index in [9.17, 15) is 14.4 Å². The minimum absolute atomic E-state index is 0.105. The fraction of sp³-hybridized carbons (Fsp3) is 0.211. The number of carbonyl (C=O) groups excluding carboxylic acids is 3. The molecular formula is C19H17NO4. The van der Waals surface area contributed by atoms with E-state index in [1.54, 1.807) is 24.3 Å². The van der Waals surface area contributed by atoms with Gasteiger partial charge in [0.05, 0.1) is 11.1 Å². The van der Waals surface area contributed by atoms with Gasteiger partial charge in [0.15, 0.2) is 0 Å². The highest BCUT2D eigenvalue weighted by Crippen LogP contribution is 2.24. The number of amides is 2. The zero-order chi connectivity index (χ0) is 17.3. The van der Waals surface area contributed by atoms with Crippen LogP contribution < -0.4 is 0 Å². The van der Waals surface area contributed by atoms with E-state index in [0.717, 1.165) is 16.0 Å². The lowest BCUT2D eigenvalue weighted by Gasteiger charge is -2.21. The Hall–Kier alpha value is -2.95. The van der Waals surface area contributed by atoms with Crippen LogP contribution in [-0.2, 0) is 16.1 Å². The molecule has 24 heavy (non-hydrogen) atoms. The monoisotopic (exact) mass is 323 g/mol. The quantitative estimate of drug-likeness (QED) is 0.641. The third-order valence-corrected chi connectivity index (χ3v) is 4.02. The fourth-order valence-corrected chi connectivity index (χ4v) is 2.74. The summed E-state index contributed by atoms with van der Waals surface area (Å²) in [4.78, 5) is 38.0. The minimum atomic E-state index is -0.970. The molecule has 1 atom stereocenters. The first-order chi connectivity index (χ1) is 11.5. The van der Waals surface area contributed by atoms with Crippen LogP contribution in [0.5, 0.6) is 0 Å². The molecule has 2 aromatic rings. The predicted octanol–water partition coefficient (Wildman–Crippen LogP) is 2.72. The maximum Gasteiger partial charge on any atom is 0.329 e. The SMILES string of the molecule is Cc1cccc(COC(=O)[C@@H](C)N2C(=O)c3ccccc3C2=O)c1. The molecule has 2 amide bonds. The number of esters is 1. The first-order valence-electron chi connectivity index (χ1n) is 7.68. The van der Waals surface area contributed by atoms with E-state index < -0.39 is 23.8 Å². The number of nitrogens with zero attached hydrogens (tertiary/aromatic N) is 1. The van der Waals surface area contributed by atoms with Crippen LogP contribution in [0.4, 0.5) is 0 Å². The number of aryl methyl sites for hydroxylation is 1. The number of imide groups is 1. The van der Waals surface area contributed by atoms with Crippen LogP contribution in [0.2, 0.25) is 0 Å². The van der Waals surface area contributed by atoms with Crippen LogP contribution in [0, 0.1) is 6.92 Å². The summed E-state index contributed by atoms with van der Waals surface area (Å²) in [6.45, 7) is 3.56. The van der Waals surface area contributed by atoms with Gasteiger partial charge in [-0.3, -0.25) is 14.5 Å². The topological polar surface area (TPSA) is 63.7 Å². The Morgan fingerprint density at radius 2 is 1.67 bits per heavy atom. The molecule has 2 aromatic carbocycles. The summed E-state index contributed by atoms with van der Waals surface area (Å²) >= 11 is 0. The molecule has 0 fully saturated rings. The Labute approximate surface area is 139 Å². The van der Waals surface area contributed by atoms with Crippen molar-refractivity contribution in [1.82, 2.24) is 4.90 Å². The van der Waals surface area contributed by atoms with Gasteiger partial charge in [0.1, 0.15) is 12.6 Å². The molecular weight excluding hydrogens is 306 g/mol. The van der Waals surface area contributed by atoms with Crippen LogP contribution in [0.15, 0.2) is 48.5 Å².